The van der Waals surface area contributed by atoms with Crippen molar-refractivity contribution in [2.75, 3.05) is 13.1 Å². The zero-order chi connectivity index (χ0) is 17.2. The Balaban J connectivity index is 1.61. The highest BCUT2D eigenvalue weighted by Gasteiger charge is 2.25. The van der Waals surface area contributed by atoms with Crippen LogP contribution in [0, 0.1) is 12.8 Å². The summed E-state index contributed by atoms with van der Waals surface area (Å²) >= 11 is 0. The molecule has 1 fully saturated rings. The minimum Gasteiger partial charge on any atom is -0.288 e. The van der Waals surface area contributed by atoms with Crippen molar-refractivity contribution in [1.29, 1.82) is 0 Å². The third kappa shape index (κ3) is 3.82. The fraction of sp³-hybridized carbons (Fsp3) is 0.500. The summed E-state index contributed by atoms with van der Waals surface area (Å²) in [5.41, 5.74) is 0.825. The molecule has 0 bridgehead atoms. The van der Waals surface area contributed by atoms with Crippen molar-refractivity contribution in [2.45, 2.75) is 33.2 Å². The fourth-order valence-electron chi connectivity index (χ4n) is 2.77. The van der Waals surface area contributed by atoms with Gasteiger partial charge in [0.05, 0.1) is 0 Å². The number of imidazole rings is 1. The zero-order valence-corrected chi connectivity index (χ0v) is 14.8. The summed E-state index contributed by atoms with van der Waals surface area (Å²) in [4.78, 5) is 8.55. The van der Waals surface area contributed by atoms with E-state index >= 15 is 0 Å². The molecule has 1 aliphatic rings. The van der Waals surface area contributed by atoms with E-state index in [0.717, 1.165) is 30.0 Å². The van der Waals surface area contributed by atoms with Crippen LogP contribution in [0.5, 0.6) is 0 Å². The van der Waals surface area contributed by atoms with Gasteiger partial charge in [-0.15, -0.1) is 0 Å². The van der Waals surface area contributed by atoms with E-state index < -0.39 is 10.2 Å². The molecule has 0 aromatic carbocycles. The van der Waals surface area contributed by atoms with E-state index in [4.69, 9.17) is 0 Å². The van der Waals surface area contributed by atoms with E-state index in [1.165, 1.54) is 4.31 Å². The quantitative estimate of drug-likeness (QED) is 0.890. The lowest BCUT2D eigenvalue weighted by Gasteiger charge is -2.29. The molecule has 2 aromatic heterocycles. The Morgan fingerprint density at radius 3 is 2.58 bits per heavy atom. The van der Waals surface area contributed by atoms with Crippen molar-refractivity contribution < 1.29 is 8.42 Å². The molecule has 0 atom stereocenters. The van der Waals surface area contributed by atoms with Crippen LogP contribution in [-0.4, -0.2) is 40.3 Å². The molecule has 3 heterocycles. The summed E-state index contributed by atoms with van der Waals surface area (Å²) in [7, 11) is -3.42. The highest BCUT2D eigenvalue weighted by Crippen LogP contribution is 2.18. The average molecular weight is 349 g/mol. The van der Waals surface area contributed by atoms with Gasteiger partial charge in [-0.05, 0) is 37.3 Å². The molecule has 1 aliphatic heterocycles. The Bertz CT molecular complexity index is 777. The summed E-state index contributed by atoms with van der Waals surface area (Å²) < 4.78 is 30.8. The van der Waals surface area contributed by atoms with Crippen LogP contribution in [0.2, 0.25) is 0 Å². The molecule has 7 nitrogen and oxygen atoms in total. The molecule has 8 heteroatoms. The van der Waals surface area contributed by atoms with Crippen LogP contribution in [0.15, 0.2) is 30.7 Å². The first-order chi connectivity index (χ1) is 11.5. The van der Waals surface area contributed by atoms with Gasteiger partial charge in [-0.3, -0.25) is 4.57 Å². The van der Waals surface area contributed by atoms with Gasteiger partial charge in [0, 0.05) is 38.2 Å². The normalized spacial score (nSPS) is 17.2. The predicted octanol–water partition coefficient (Wildman–Crippen LogP) is 1.64. The lowest BCUT2D eigenvalue weighted by Crippen LogP contribution is -2.44. The molecule has 1 N–H and O–H groups in total. The van der Waals surface area contributed by atoms with Gasteiger partial charge in [0.15, 0.2) is 0 Å². The second kappa shape index (κ2) is 7.00. The maximum atomic E-state index is 12.3. The second-order valence-electron chi connectivity index (χ2n) is 6.28. The molecule has 0 spiro atoms. The van der Waals surface area contributed by atoms with E-state index in [-0.39, 0.29) is 6.54 Å². The van der Waals surface area contributed by atoms with Gasteiger partial charge in [0.25, 0.3) is 10.2 Å². The number of nitrogens with zero attached hydrogens (tertiary/aromatic N) is 4. The van der Waals surface area contributed by atoms with Gasteiger partial charge in [-0.25, -0.2) is 9.97 Å². The first kappa shape index (κ1) is 17.1. The molecule has 0 amide bonds. The van der Waals surface area contributed by atoms with Gasteiger partial charge in [0.1, 0.15) is 11.6 Å². The molecular formula is C16H23N5O2S. The van der Waals surface area contributed by atoms with Crippen LogP contribution in [0.25, 0.3) is 5.82 Å². The van der Waals surface area contributed by atoms with Crippen molar-refractivity contribution in [2.24, 2.45) is 5.92 Å². The Morgan fingerprint density at radius 2 is 2.00 bits per heavy atom. The van der Waals surface area contributed by atoms with E-state index in [9.17, 15) is 8.42 Å². The molecule has 2 aromatic rings. The van der Waals surface area contributed by atoms with E-state index in [2.05, 4.69) is 21.6 Å². The molecular weight excluding hydrogens is 326 g/mol. The summed E-state index contributed by atoms with van der Waals surface area (Å²) in [6.07, 6.45) is 7.09. The molecule has 3 rings (SSSR count). The fourth-order valence-corrected chi connectivity index (χ4v) is 4.00. The topological polar surface area (TPSA) is 80.1 Å². The number of piperidine rings is 1. The van der Waals surface area contributed by atoms with E-state index in [0.29, 0.717) is 19.0 Å². The van der Waals surface area contributed by atoms with Gasteiger partial charge < -0.3 is 0 Å². The van der Waals surface area contributed by atoms with Crippen LogP contribution in [0.1, 0.15) is 31.2 Å². The number of aryl methyl sites for hydroxylation is 1. The maximum Gasteiger partial charge on any atom is 0.279 e. The van der Waals surface area contributed by atoms with Crippen molar-refractivity contribution in [1.82, 2.24) is 23.6 Å². The first-order valence-corrected chi connectivity index (χ1v) is 9.60. The summed E-state index contributed by atoms with van der Waals surface area (Å²) in [5.74, 6) is 2.22. The summed E-state index contributed by atoms with van der Waals surface area (Å²) in [6.45, 7) is 5.49. The molecule has 0 saturated carbocycles. The van der Waals surface area contributed by atoms with Gasteiger partial charge in [0.2, 0.25) is 0 Å². The van der Waals surface area contributed by atoms with Crippen LogP contribution < -0.4 is 4.72 Å². The molecule has 0 unspecified atom stereocenters. The number of pyridine rings is 1. The smallest absolute Gasteiger partial charge is 0.279 e. The largest absolute Gasteiger partial charge is 0.288 e. The van der Waals surface area contributed by atoms with Gasteiger partial charge in [-0.2, -0.15) is 17.4 Å². The predicted molar refractivity (Wildman–Crippen MR) is 91.8 cm³/mol. The molecule has 0 aliphatic carbocycles. The number of nitrogens with one attached hydrogen (secondary N) is 1. The molecule has 24 heavy (non-hydrogen) atoms. The number of aromatic nitrogens is 3. The summed E-state index contributed by atoms with van der Waals surface area (Å²) in [6, 6.07) is 3.74. The summed E-state index contributed by atoms with van der Waals surface area (Å²) in [5, 5.41) is 0. The Hall–Kier alpha value is -1.77. The Labute approximate surface area is 142 Å². The SMILES string of the molecule is Cc1nccn1-c1ccc(CNS(=O)(=O)N2CCC(C)CC2)cn1. The van der Waals surface area contributed by atoms with Crippen molar-refractivity contribution in [3.05, 3.63) is 42.1 Å². The molecule has 0 radical (unpaired) electrons. The monoisotopic (exact) mass is 349 g/mol. The number of hydrogen-bond donors (Lipinski definition) is 1. The average Bonchev–Trinajstić information content (AvgIpc) is 3.00. The highest BCUT2D eigenvalue weighted by molar-refractivity contribution is 7.87. The highest BCUT2D eigenvalue weighted by atomic mass is 32.2. The second-order valence-corrected chi connectivity index (χ2v) is 8.03. The molecule has 130 valence electrons. The first-order valence-electron chi connectivity index (χ1n) is 8.16. The van der Waals surface area contributed by atoms with Crippen molar-refractivity contribution in [3.63, 3.8) is 0 Å². The van der Waals surface area contributed by atoms with Crippen LogP contribution >= 0.6 is 0 Å². The minimum absolute atomic E-state index is 0.241. The maximum absolute atomic E-state index is 12.3. The van der Waals surface area contributed by atoms with Crippen LogP contribution in [0.3, 0.4) is 0 Å². The lowest BCUT2D eigenvalue weighted by molar-refractivity contribution is 0.285. The van der Waals surface area contributed by atoms with Crippen molar-refractivity contribution in [3.8, 4) is 5.82 Å². The van der Waals surface area contributed by atoms with E-state index in [1.807, 2.05) is 29.8 Å². The standard InChI is InChI=1S/C16H23N5O2S/c1-13-5-8-20(9-6-13)24(22,23)19-12-15-3-4-16(18-11-15)21-10-7-17-14(21)2/h3-4,7,10-11,13,19H,5-6,8-9,12H2,1-2H3. The van der Waals surface area contributed by atoms with Gasteiger partial charge >= 0.3 is 0 Å². The third-order valence-electron chi connectivity index (χ3n) is 4.42. The van der Waals surface area contributed by atoms with Crippen molar-refractivity contribution >= 4 is 10.2 Å². The molecule has 1 saturated heterocycles. The zero-order valence-electron chi connectivity index (χ0n) is 14.0. The Kier molecular flexibility index (Phi) is 4.98. The van der Waals surface area contributed by atoms with Crippen LogP contribution in [0.4, 0.5) is 0 Å². The van der Waals surface area contributed by atoms with E-state index in [1.54, 1.807) is 12.4 Å². The van der Waals surface area contributed by atoms with Crippen LogP contribution in [-0.2, 0) is 16.8 Å². The van der Waals surface area contributed by atoms with Gasteiger partial charge in [-0.1, -0.05) is 13.0 Å². The lowest BCUT2D eigenvalue weighted by atomic mass is 10.0. The minimum atomic E-state index is -3.42. The number of hydrogen-bond acceptors (Lipinski definition) is 4. The number of rotatable bonds is 5. The third-order valence-corrected chi connectivity index (χ3v) is 5.98. The Morgan fingerprint density at radius 1 is 1.25 bits per heavy atom.